The summed E-state index contributed by atoms with van der Waals surface area (Å²) in [5.74, 6) is 1.16. The normalized spacial score (nSPS) is 10.5. The second-order valence-corrected chi connectivity index (χ2v) is 5.61. The molecule has 0 spiro atoms. The standard InChI is InChI=1S/C18H17N3O4/c1-10-8-15(11(2)24-10)17(22)20-13-4-6-14(7-5-13)21-18(23)16-9-19-25-12(16)3/h4-9H,1-3H3,(H,20,22)(H,21,23). The highest BCUT2D eigenvalue weighted by Crippen LogP contribution is 2.19. The van der Waals surface area contributed by atoms with E-state index in [1.807, 2.05) is 0 Å². The van der Waals surface area contributed by atoms with Crippen LogP contribution in [0.5, 0.6) is 0 Å². The Balaban J connectivity index is 1.66. The molecule has 7 nitrogen and oxygen atoms in total. The van der Waals surface area contributed by atoms with Crippen LogP contribution in [0.2, 0.25) is 0 Å². The Kier molecular flexibility index (Phi) is 4.38. The van der Waals surface area contributed by atoms with E-state index in [0.717, 1.165) is 0 Å². The number of carbonyl (C=O) groups excluding carboxylic acids is 2. The molecule has 0 unspecified atom stereocenters. The molecular formula is C18H17N3O4. The Morgan fingerprint density at radius 1 is 0.880 bits per heavy atom. The zero-order chi connectivity index (χ0) is 18.0. The fourth-order valence-corrected chi connectivity index (χ4v) is 2.41. The van der Waals surface area contributed by atoms with Gasteiger partial charge in [-0.3, -0.25) is 9.59 Å². The van der Waals surface area contributed by atoms with E-state index >= 15 is 0 Å². The molecule has 0 aliphatic heterocycles. The van der Waals surface area contributed by atoms with Crippen molar-refractivity contribution in [2.75, 3.05) is 10.6 Å². The zero-order valence-corrected chi connectivity index (χ0v) is 14.0. The molecule has 3 rings (SSSR count). The second-order valence-electron chi connectivity index (χ2n) is 5.61. The molecule has 2 N–H and O–H groups in total. The summed E-state index contributed by atoms with van der Waals surface area (Å²) in [5, 5.41) is 9.11. The topological polar surface area (TPSA) is 97.4 Å². The molecule has 128 valence electrons. The molecule has 3 aromatic rings. The predicted octanol–water partition coefficient (Wildman–Crippen LogP) is 3.70. The lowest BCUT2D eigenvalue weighted by molar-refractivity contribution is 0.101. The SMILES string of the molecule is Cc1cc(C(=O)Nc2ccc(NC(=O)c3cnoc3C)cc2)c(C)o1. The van der Waals surface area contributed by atoms with Crippen molar-refractivity contribution in [1.29, 1.82) is 0 Å². The minimum Gasteiger partial charge on any atom is -0.466 e. The van der Waals surface area contributed by atoms with E-state index in [1.54, 1.807) is 51.1 Å². The number of benzene rings is 1. The van der Waals surface area contributed by atoms with Crippen molar-refractivity contribution in [3.8, 4) is 0 Å². The third kappa shape index (κ3) is 3.60. The first-order chi connectivity index (χ1) is 11.9. The molecule has 25 heavy (non-hydrogen) atoms. The number of hydrogen-bond donors (Lipinski definition) is 2. The van der Waals surface area contributed by atoms with Crippen molar-refractivity contribution in [1.82, 2.24) is 5.16 Å². The van der Waals surface area contributed by atoms with Gasteiger partial charge in [0.15, 0.2) is 0 Å². The van der Waals surface area contributed by atoms with E-state index in [-0.39, 0.29) is 11.8 Å². The van der Waals surface area contributed by atoms with Gasteiger partial charge in [-0.2, -0.15) is 0 Å². The maximum atomic E-state index is 12.2. The third-order valence-electron chi connectivity index (χ3n) is 3.68. The fourth-order valence-electron chi connectivity index (χ4n) is 2.41. The molecule has 0 saturated carbocycles. The smallest absolute Gasteiger partial charge is 0.260 e. The highest BCUT2D eigenvalue weighted by atomic mass is 16.5. The van der Waals surface area contributed by atoms with Crippen LogP contribution in [0.1, 0.15) is 38.0 Å². The van der Waals surface area contributed by atoms with Gasteiger partial charge in [0.25, 0.3) is 11.8 Å². The summed E-state index contributed by atoms with van der Waals surface area (Å²) in [5.41, 5.74) is 2.09. The molecule has 1 aromatic carbocycles. The van der Waals surface area contributed by atoms with Gasteiger partial charge in [-0.15, -0.1) is 0 Å². The zero-order valence-electron chi connectivity index (χ0n) is 14.0. The van der Waals surface area contributed by atoms with Crippen LogP contribution in [0.4, 0.5) is 11.4 Å². The molecule has 0 atom stereocenters. The molecule has 0 saturated heterocycles. The Labute approximate surface area is 144 Å². The summed E-state index contributed by atoms with van der Waals surface area (Å²) in [6, 6.07) is 8.50. The van der Waals surface area contributed by atoms with E-state index in [9.17, 15) is 9.59 Å². The van der Waals surface area contributed by atoms with Gasteiger partial charge in [-0.25, -0.2) is 0 Å². The van der Waals surface area contributed by atoms with Crippen molar-refractivity contribution in [3.63, 3.8) is 0 Å². The molecule has 0 aliphatic rings. The number of furan rings is 1. The number of amides is 2. The number of anilines is 2. The molecule has 7 heteroatoms. The van der Waals surface area contributed by atoms with Gasteiger partial charge in [-0.1, -0.05) is 5.16 Å². The number of nitrogens with one attached hydrogen (secondary N) is 2. The van der Waals surface area contributed by atoms with Gasteiger partial charge >= 0.3 is 0 Å². The summed E-state index contributed by atoms with van der Waals surface area (Å²) in [6.45, 7) is 5.20. The van der Waals surface area contributed by atoms with Crippen LogP contribution >= 0.6 is 0 Å². The lowest BCUT2D eigenvalue weighted by Gasteiger charge is -2.07. The molecule has 2 amide bonds. The number of aryl methyl sites for hydroxylation is 3. The first-order valence-corrected chi connectivity index (χ1v) is 7.65. The second kappa shape index (κ2) is 6.64. The number of carbonyl (C=O) groups is 2. The van der Waals surface area contributed by atoms with Crippen LogP contribution < -0.4 is 10.6 Å². The molecule has 2 aromatic heterocycles. The van der Waals surface area contributed by atoms with Crippen molar-refractivity contribution >= 4 is 23.2 Å². The first kappa shape index (κ1) is 16.5. The average molecular weight is 339 g/mol. The van der Waals surface area contributed by atoms with Crippen LogP contribution in [0, 0.1) is 20.8 Å². The van der Waals surface area contributed by atoms with E-state index < -0.39 is 0 Å². The van der Waals surface area contributed by atoms with Gasteiger partial charge in [0, 0.05) is 11.4 Å². The summed E-state index contributed by atoms with van der Waals surface area (Å²) >= 11 is 0. The maximum Gasteiger partial charge on any atom is 0.260 e. The van der Waals surface area contributed by atoms with Crippen molar-refractivity contribution < 1.29 is 18.5 Å². The Bertz CT molecular complexity index is 922. The quantitative estimate of drug-likeness (QED) is 0.755. The van der Waals surface area contributed by atoms with E-state index in [2.05, 4.69) is 15.8 Å². The maximum absolute atomic E-state index is 12.2. The number of hydrogen-bond acceptors (Lipinski definition) is 5. The predicted molar refractivity (Wildman–Crippen MR) is 91.8 cm³/mol. The molecule has 0 aliphatic carbocycles. The van der Waals surface area contributed by atoms with Gasteiger partial charge in [-0.05, 0) is 51.1 Å². The molecular weight excluding hydrogens is 322 g/mol. The van der Waals surface area contributed by atoms with Gasteiger partial charge in [0.1, 0.15) is 22.8 Å². The summed E-state index contributed by atoms with van der Waals surface area (Å²) in [7, 11) is 0. The Hall–Kier alpha value is -3.35. The minimum atomic E-state index is -0.306. The number of aromatic nitrogens is 1. The summed E-state index contributed by atoms with van der Waals surface area (Å²) < 4.78 is 10.2. The van der Waals surface area contributed by atoms with E-state index in [4.69, 9.17) is 8.94 Å². The van der Waals surface area contributed by atoms with Crippen LogP contribution in [-0.4, -0.2) is 17.0 Å². The van der Waals surface area contributed by atoms with Crippen molar-refractivity contribution in [3.05, 3.63) is 64.9 Å². The minimum absolute atomic E-state index is 0.244. The molecule has 2 heterocycles. The largest absolute Gasteiger partial charge is 0.466 e. The van der Waals surface area contributed by atoms with E-state index in [1.165, 1.54) is 6.20 Å². The van der Waals surface area contributed by atoms with E-state index in [0.29, 0.717) is 39.8 Å². The Morgan fingerprint density at radius 3 is 1.88 bits per heavy atom. The highest BCUT2D eigenvalue weighted by Gasteiger charge is 2.15. The first-order valence-electron chi connectivity index (χ1n) is 7.65. The summed E-state index contributed by atoms with van der Waals surface area (Å²) in [6.07, 6.45) is 1.37. The van der Waals surface area contributed by atoms with Crippen LogP contribution in [0.25, 0.3) is 0 Å². The highest BCUT2D eigenvalue weighted by molar-refractivity contribution is 6.06. The fraction of sp³-hybridized carbons (Fsp3) is 0.167. The third-order valence-corrected chi connectivity index (χ3v) is 3.68. The van der Waals surface area contributed by atoms with Crippen molar-refractivity contribution in [2.24, 2.45) is 0 Å². The summed E-state index contributed by atoms with van der Waals surface area (Å²) in [4.78, 5) is 24.3. The van der Waals surface area contributed by atoms with Gasteiger partial charge in [0.05, 0.1) is 11.8 Å². The lowest BCUT2D eigenvalue weighted by atomic mass is 10.2. The van der Waals surface area contributed by atoms with Crippen LogP contribution in [-0.2, 0) is 0 Å². The monoisotopic (exact) mass is 339 g/mol. The van der Waals surface area contributed by atoms with Crippen LogP contribution in [0.3, 0.4) is 0 Å². The lowest BCUT2D eigenvalue weighted by Crippen LogP contribution is -2.13. The molecule has 0 radical (unpaired) electrons. The van der Waals surface area contributed by atoms with Gasteiger partial charge < -0.3 is 19.6 Å². The number of nitrogens with zero attached hydrogens (tertiary/aromatic N) is 1. The average Bonchev–Trinajstić information content (AvgIpc) is 3.14. The molecule has 0 bridgehead atoms. The van der Waals surface area contributed by atoms with Gasteiger partial charge in [0.2, 0.25) is 0 Å². The van der Waals surface area contributed by atoms with Crippen molar-refractivity contribution in [2.45, 2.75) is 20.8 Å². The Morgan fingerprint density at radius 2 is 1.44 bits per heavy atom. The number of rotatable bonds is 4. The van der Waals surface area contributed by atoms with Crippen LogP contribution in [0.15, 0.2) is 45.5 Å². The molecule has 0 fully saturated rings.